The van der Waals surface area contributed by atoms with E-state index >= 15 is 0 Å². The number of nitrogens with zero attached hydrogens (tertiary/aromatic N) is 1. The zero-order valence-corrected chi connectivity index (χ0v) is 12.4. The van der Waals surface area contributed by atoms with Crippen molar-refractivity contribution in [1.82, 2.24) is 9.97 Å². The standard InChI is InChI=1S/C13H12BrClN2O/c1-3-11-7(2)13(18)17-12(16-11)8-4-5-10(15)9(14)6-8/h4-6H,3H2,1-2H3,(H,16,17,18). The summed E-state index contributed by atoms with van der Waals surface area (Å²) in [5, 5.41) is 0.629. The summed E-state index contributed by atoms with van der Waals surface area (Å²) in [5.74, 6) is 0.569. The van der Waals surface area contributed by atoms with Crippen molar-refractivity contribution in [3.63, 3.8) is 0 Å². The fourth-order valence-corrected chi connectivity index (χ4v) is 2.20. The number of benzene rings is 1. The Labute approximate surface area is 118 Å². The predicted octanol–water partition coefficient (Wildman–Crippen LogP) is 3.72. The Balaban J connectivity index is 2.60. The molecule has 1 heterocycles. The summed E-state index contributed by atoms with van der Waals surface area (Å²) in [6.07, 6.45) is 0.734. The van der Waals surface area contributed by atoms with E-state index < -0.39 is 0 Å². The van der Waals surface area contributed by atoms with Gasteiger partial charge in [-0.05, 0) is 47.5 Å². The number of aromatic amines is 1. The van der Waals surface area contributed by atoms with Crippen LogP contribution < -0.4 is 5.56 Å². The number of aryl methyl sites for hydroxylation is 1. The highest BCUT2D eigenvalue weighted by Gasteiger charge is 2.08. The Kier molecular flexibility index (Phi) is 3.88. The van der Waals surface area contributed by atoms with Crippen LogP contribution in [-0.4, -0.2) is 9.97 Å². The number of H-pyrrole nitrogens is 1. The van der Waals surface area contributed by atoms with Crippen molar-refractivity contribution >= 4 is 27.5 Å². The smallest absolute Gasteiger partial charge is 0.254 e. The largest absolute Gasteiger partial charge is 0.306 e. The first kappa shape index (κ1) is 13.3. The maximum atomic E-state index is 11.8. The summed E-state index contributed by atoms with van der Waals surface area (Å²) >= 11 is 9.30. The average molecular weight is 328 g/mol. The van der Waals surface area contributed by atoms with Gasteiger partial charge in [0.05, 0.1) is 10.7 Å². The lowest BCUT2D eigenvalue weighted by Gasteiger charge is -2.07. The summed E-state index contributed by atoms with van der Waals surface area (Å²) < 4.78 is 0.780. The zero-order chi connectivity index (χ0) is 13.3. The molecule has 0 spiro atoms. The molecule has 0 aliphatic rings. The molecule has 0 aliphatic heterocycles. The molecule has 1 aromatic heterocycles. The number of halogens is 2. The number of rotatable bonds is 2. The molecular formula is C13H12BrClN2O. The summed E-state index contributed by atoms with van der Waals surface area (Å²) in [5.41, 5.74) is 2.23. The minimum atomic E-state index is -0.0945. The summed E-state index contributed by atoms with van der Waals surface area (Å²) in [6, 6.07) is 5.45. The monoisotopic (exact) mass is 326 g/mol. The molecular weight excluding hydrogens is 316 g/mol. The maximum absolute atomic E-state index is 11.8. The van der Waals surface area contributed by atoms with Gasteiger partial charge in [-0.25, -0.2) is 4.98 Å². The van der Waals surface area contributed by atoms with Gasteiger partial charge in [-0.15, -0.1) is 0 Å². The Bertz CT molecular complexity index is 652. The molecule has 0 fully saturated rings. The topological polar surface area (TPSA) is 45.8 Å². The van der Waals surface area contributed by atoms with E-state index in [4.69, 9.17) is 11.6 Å². The molecule has 94 valence electrons. The van der Waals surface area contributed by atoms with E-state index in [0.29, 0.717) is 16.4 Å². The third kappa shape index (κ3) is 2.49. The number of nitrogens with one attached hydrogen (secondary N) is 1. The van der Waals surface area contributed by atoms with Crippen molar-refractivity contribution < 1.29 is 0 Å². The molecule has 5 heteroatoms. The van der Waals surface area contributed by atoms with Crippen LogP contribution in [0.25, 0.3) is 11.4 Å². The molecule has 3 nitrogen and oxygen atoms in total. The Morgan fingerprint density at radius 3 is 2.78 bits per heavy atom. The molecule has 2 aromatic rings. The molecule has 0 amide bonds. The molecule has 0 saturated heterocycles. The Morgan fingerprint density at radius 2 is 2.17 bits per heavy atom. The molecule has 0 unspecified atom stereocenters. The Morgan fingerprint density at radius 1 is 1.44 bits per heavy atom. The van der Waals surface area contributed by atoms with Crippen molar-refractivity contribution in [2.75, 3.05) is 0 Å². The molecule has 18 heavy (non-hydrogen) atoms. The Hall–Kier alpha value is -1.13. The number of hydrogen-bond acceptors (Lipinski definition) is 2. The van der Waals surface area contributed by atoms with Gasteiger partial charge in [0.25, 0.3) is 5.56 Å². The molecule has 1 aromatic carbocycles. The molecule has 0 aliphatic carbocycles. The average Bonchev–Trinajstić information content (AvgIpc) is 2.36. The van der Waals surface area contributed by atoms with E-state index in [1.807, 2.05) is 19.1 Å². The molecule has 0 atom stereocenters. The minimum absolute atomic E-state index is 0.0945. The van der Waals surface area contributed by atoms with Crippen LogP contribution in [0.1, 0.15) is 18.2 Å². The fraction of sp³-hybridized carbons (Fsp3) is 0.231. The van der Waals surface area contributed by atoms with Crippen LogP contribution in [0.2, 0.25) is 5.02 Å². The molecule has 0 bridgehead atoms. The van der Waals surface area contributed by atoms with Crippen molar-refractivity contribution in [3.05, 3.63) is 49.3 Å². The van der Waals surface area contributed by atoms with E-state index in [2.05, 4.69) is 25.9 Å². The molecule has 1 N–H and O–H groups in total. The van der Waals surface area contributed by atoms with Gasteiger partial charge in [-0.1, -0.05) is 18.5 Å². The van der Waals surface area contributed by atoms with Gasteiger partial charge in [0.2, 0.25) is 0 Å². The van der Waals surface area contributed by atoms with Gasteiger partial charge in [-0.3, -0.25) is 4.79 Å². The second kappa shape index (κ2) is 5.24. The van der Waals surface area contributed by atoms with E-state index in [1.165, 1.54) is 0 Å². The third-order valence-corrected chi connectivity index (χ3v) is 3.99. The van der Waals surface area contributed by atoms with E-state index in [-0.39, 0.29) is 5.56 Å². The van der Waals surface area contributed by atoms with Crippen molar-refractivity contribution in [1.29, 1.82) is 0 Å². The number of hydrogen-bond donors (Lipinski definition) is 1. The zero-order valence-electron chi connectivity index (χ0n) is 10.1. The summed E-state index contributed by atoms with van der Waals surface area (Å²) in [7, 11) is 0. The van der Waals surface area contributed by atoms with Gasteiger partial charge in [0, 0.05) is 15.6 Å². The van der Waals surface area contributed by atoms with Crippen LogP contribution in [0, 0.1) is 6.92 Å². The van der Waals surface area contributed by atoms with Gasteiger partial charge in [0.15, 0.2) is 0 Å². The van der Waals surface area contributed by atoms with E-state index in [9.17, 15) is 4.79 Å². The molecule has 0 radical (unpaired) electrons. The van der Waals surface area contributed by atoms with E-state index in [0.717, 1.165) is 22.2 Å². The van der Waals surface area contributed by atoms with Crippen LogP contribution in [0.4, 0.5) is 0 Å². The predicted molar refractivity (Wildman–Crippen MR) is 77.1 cm³/mol. The minimum Gasteiger partial charge on any atom is -0.306 e. The first-order valence-corrected chi connectivity index (χ1v) is 6.75. The lowest BCUT2D eigenvalue weighted by Crippen LogP contribution is -2.15. The van der Waals surface area contributed by atoms with Crippen LogP contribution >= 0.6 is 27.5 Å². The van der Waals surface area contributed by atoms with Crippen LogP contribution in [0.15, 0.2) is 27.5 Å². The normalized spacial score (nSPS) is 10.7. The van der Waals surface area contributed by atoms with Gasteiger partial charge in [0.1, 0.15) is 5.82 Å². The molecule has 2 rings (SSSR count). The summed E-state index contributed by atoms with van der Waals surface area (Å²) in [6.45, 7) is 3.77. The van der Waals surface area contributed by atoms with Gasteiger partial charge >= 0.3 is 0 Å². The quantitative estimate of drug-likeness (QED) is 0.913. The van der Waals surface area contributed by atoms with E-state index in [1.54, 1.807) is 13.0 Å². The highest BCUT2D eigenvalue weighted by Crippen LogP contribution is 2.27. The van der Waals surface area contributed by atoms with Crippen molar-refractivity contribution in [2.24, 2.45) is 0 Å². The van der Waals surface area contributed by atoms with Crippen LogP contribution in [0.5, 0.6) is 0 Å². The second-order valence-corrected chi connectivity index (χ2v) is 5.23. The summed E-state index contributed by atoms with van der Waals surface area (Å²) in [4.78, 5) is 19.1. The SMILES string of the molecule is CCc1nc(-c2ccc(Cl)c(Br)c2)[nH]c(=O)c1C. The van der Waals surface area contributed by atoms with Crippen LogP contribution in [0.3, 0.4) is 0 Å². The highest BCUT2D eigenvalue weighted by atomic mass is 79.9. The second-order valence-electron chi connectivity index (χ2n) is 3.97. The van der Waals surface area contributed by atoms with Gasteiger partial charge in [-0.2, -0.15) is 0 Å². The number of aromatic nitrogens is 2. The van der Waals surface area contributed by atoms with Crippen molar-refractivity contribution in [3.8, 4) is 11.4 Å². The highest BCUT2D eigenvalue weighted by molar-refractivity contribution is 9.10. The van der Waals surface area contributed by atoms with Gasteiger partial charge < -0.3 is 4.98 Å². The van der Waals surface area contributed by atoms with Crippen LogP contribution in [-0.2, 0) is 6.42 Å². The fourth-order valence-electron chi connectivity index (χ4n) is 1.70. The first-order chi connectivity index (χ1) is 8.52. The molecule has 0 saturated carbocycles. The lowest BCUT2D eigenvalue weighted by molar-refractivity contribution is 0.955. The maximum Gasteiger partial charge on any atom is 0.254 e. The first-order valence-electron chi connectivity index (χ1n) is 5.58. The third-order valence-electron chi connectivity index (χ3n) is 2.78. The van der Waals surface area contributed by atoms with Crippen molar-refractivity contribution in [2.45, 2.75) is 20.3 Å². The lowest BCUT2D eigenvalue weighted by atomic mass is 10.1.